The lowest BCUT2D eigenvalue weighted by Crippen LogP contribution is -2.32. The van der Waals surface area contributed by atoms with Gasteiger partial charge in [-0.2, -0.15) is 0 Å². The highest BCUT2D eigenvalue weighted by molar-refractivity contribution is 7.99. The quantitative estimate of drug-likeness (QED) is 0.450. The Morgan fingerprint density at radius 3 is 2.36 bits per heavy atom. The van der Waals surface area contributed by atoms with Gasteiger partial charge in [-0.1, -0.05) is 43.0 Å². The average Bonchev–Trinajstić information content (AvgIpc) is 2.73. The van der Waals surface area contributed by atoms with Crippen LogP contribution >= 0.6 is 11.8 Å². The zero-order valence-electron chi connectivity index (χ0n) is 16.5. The normalized spacial score (nSPS) is 11.0. The Balaban J connectivity index is 2.06. The second kappa shape index (κ2) is 9.06. The highest BCUT2D eigenvalue weighted by Gasteiger charge is 2.16. The fraction of sp³-hybridized carbons (Fsp3) is 0.318. The van der Waals surface area contributed by atoms with Crippen molar-refractivity contribution in [2.24, 2.45) is 0 Å². The van der Waals surface area contributed by atoms with Crippen LogP contribution in [0.3, 0.4) is 0 Å². The molecule has 0 radical (unpaired) electrons. The molecule has 0 N–H and O–H groups in total. The Morgan fingerprint density at radius 2 is 1.71 bits per heavy atom. The van der Waals surface area contributed by atoms with Gasteiger partial charge in [0.2, 0.25) is 5.91 Å². The summed E-state index contributed by atoms with van der Waals surface area (Å²) in [5.41, 5.74) is 2.49. The van der Waals surface area contributed by atoms with E-state index in [2.05, 4.69) is 6.92 Å². The number of thioether (sulfide) groups is 1. The molecular formula is C22H25N3O2S. The van der Waals surface area contributed by atoms with Crippen molar-refractivity contribution in [3.8, 4) is 5.69 Å². The number of para-hydroxylation sites is 1. The second-order valence-corrected chi connectivity index (χ2v) is 7.37. The molecule has 1 heterocycles. The van der Waals surface area contributed by atoms with E-state index in [9.17, 15) is 9.59 Å². The minimum absolute atomic E-state index is 0.0466. The van der Waals surface area contributed by atoms with E-state index >= 15 is 0 Å². The Hall–Kier alpha value is -2.60. The molecule has 0 spiro atoms. The molecule has 6 heteroatoms. The highest BCUT2D eigenvalue weighted by atomic mass is 32.2. The third-order valence-corrected chi connectivity index (χ3v) is 5.71. The first-order chi connectivity index (χ1) is 13.6. The maximum absolute atomic E-state index is 13.2. The van der Waals surface area contributed by atoms with E-state index in [1.807, 2.05) is 56.3 Å². The van der Waals surface area contributed by atoms with Crippen LogP contribution in [-0.2, 0) is 11.2 Å². The van der Waals surface area contributed by atoms with Crippen LogP contribution in [0.2, 0.25) is 0 Å². The van der Waals surface area contributed by atoms with E-state index in [0.717, 1.165) is 12.1 Å². The number of rotatable bonds is 7. The maximum atomic E-state index is 13.2. The van der Waals surface area contributed by atoms with Gasteiger partial charge in [-0.3, -0.25) is 14.2 Å². The minimum Gasteiger partial charge on any atom is -0.343 e. The Kier molecular flexibility index (Phi) is 6.52. The predicted molar refractivity (Wildman–Crippen MR) is 115 cm³/mol. The third kappa shape index (κ3) is 4.12. The van der Waals surface area contributed by atoms with E-state index in [1.54, 1.807) is 15.5 Å². The molecule has 0 unspecified atom stereocenters. The first-order valence-electron chi connectivity index (χ1n) is 9.60. The summed E-state index contributed by atoms with van der Waals surface area (Å²) >= 11 is 1.31. The molecule has 28 heavy (non-hydrogen) atoms. The van der Waals surface area contributed by atoms with Crippen molar-refractivity contribution < 1.29 is 4.79 Å². The lowest BCUT2D eigenvalue weighted by molar-refractivity contribution is -0.127. The standard InChI is InChI=1S/C22H25N3O2S/c1-4-16-11-13-17(14-12-16)25-21(27)18-9-7-8-10-19(18)23-22(25)28-15-20(26)24(5-2)6-3/h7-14H,4-6,15H2,1-3H3. The molecule has 2 aromatic carbocycles. The van der Waals surface area contributed by atoms with Gasteiger partial charge in [0.05, 0.1) is 22.3 Å². The molecule has 3 aromatic rings. The van der Waals surface area contributed by atoms with Crippen molar-refractivity contribution >= 4 is 28.6 Å². The van der Waals surface area contributed by atoms with E-state index in [0.29, 0.717) is 29.1 Å². The summed E-state index contributed by atoms with van der Waals surface area (Å²) in [6.07, 6.45) is 0.936. The van der Waals surface area contributed by atoms with Gasteiger partial charge in [-0.15, -0.1) is 0 Å². The first kappa shape index (κ1) is 20.1. The average molecular weight is 396 g/mol. The molecule has 3 rings (SSSR count). The smallest absolute Gasteiger partial charge is 0.266 e. The van der Waals surface area contributed by atoms with Crippen LogP contribution in [0.25, 0.3) is 16.6 Å². The molecule has 146 valence electrons. The van der Waals surface area contributed by atoms with E-state index in [4.69, 9.17) is 4.98 Å². The monoisotopic (exact) mass is 395 g/mol. The van der Waals surface area contributed by atoms with Crippen molar-refractivity contribution in [2.75, 3.05) is 18.8 Å². The number of hydrogen-bond donors (Lipinski definition) is 0. The Labute approximate surface area is 169 Å². The van der Waals surface area contributed by atoms with Gasteiger partial charge in [-0.25, -0.2) is 4.98 Å². The molecule has 0 atom stereocenters. The topological polar surface area (TPSA) is 55.2 Å². The van der Waals surface area contributed by atoms with E-state index < -0.39 is 0 Å². The van der Waals surface area contributed by atoms with Crippen LogP contribution in [0.5, 0.6) is 0 Å². The van der Waals surface area contributed by atoms with Gasteiger partial charge < -0.3 is 4.90 Å². The van der Waals surface area contributed by atoms with Crippen molar-refractivity contribution in [2.45, 2.75) is 32.3 Å². The van der Waals surface area contributed by atoms with Crippen LogP contribution in [0.4, 0.5) is 0 Å². The van der Waals surface area contributed by atoms with Crippen LogP contribution in [-0.4, -0.2) is 39.2 Å². The largest absolute Gasteiger partial charge is 0.343 e. The van der Waals surface area contributed by atoms with Crippen molar-refractivity contribution in [3.05, 3.63) is 64.4 Å². The van der Waals surface area contributed by atoms with E-state index in [1.165, 1.54) is 17.3 Å². The summed E-state index contributed by atoms with van der Waals surface area (Å²) in [7, 11) is 0. The fourth-order valence-electron chi connectivity index (χ4n) is 3.11. The van der Waals surface area contributed by atoms with Crippen LogP contribution in [0, 0.1) is 0 Å². The van der Waals surface area contributed by atoms with Gasteiger partial charge in [0.25, 0.3) is 5.56 Å². The summed E-state index contributed by atoms with van der Waals surface area (Å²) in [5, 5.41) is 1.11. The summed E-state index contributed by atoms with van der Waals surface area (Å²) in [6.45, 7) is 7.37. The number of hydrogen-bond acceptors (Lipinski definition) is 4. The molecule has 1 aromatic heterocycles. The van der Waals surface area contributed by atoms with Gasteiger partial charge in [0.1, 0.15) is 0 Å². The molecule has 0 aliphatic rings. The second-order valence-electron chi connectivity index (χ2n) is 6.43. The molecule has 0 fully saturated rings. The number of amides is 1. The Morgan fingerprint density at radius 1 is 1.04 bits per heavy atom. The minimum atomic E-state index is -0.118. The number of carbonyl (C=O) groups is 1. The predicted octanol–water partition coefficient (Wildman–Crippen LogP) is 3.91. The fourth-order valence-corrected chi connectivity index (χ4v) is 4.03. The molecule has 0 aliphatic heterocycles. The number of aromatic nitrogens is 2. The zero-order valence-corrected chi connectivity index (χ0v) is 17.3. The van der Waals surface area contributed by atoms with Crippen molar-refractivity contribution in [1.82, 2.24) is 14.5 Å². The lowest BCUT2D eigenvalue weighted by Gasteiger charge is -2.19. The molecule has 0 saturated carbocycles. The molecular weight excluding hydrogens is 370 g/mol. The SMILES string of the molecule is CCc1ccc(-n2c(SCC(=O)N(CC)CC)nc3ccccc3c2=O)cc1. The van der Waals surface area contributed by atoms with Crippen LogP contribution < -0.4 is 5.56 Å². The zero-order chi connectivity index (χ0) is 20.1. The number of aryl methyl sites for hydroxylation is 1. The van der Waals surface area contributed by atoms with Crippen molar-refractivity contribution in [3.63, 3.8) is 0 Å². The summed E-state index contributed by atoms with van der Waals surface area (Å²) < 4.78 is 1.61. The van der Waals surface area contributed by atoms with Gasteiger partial charge >= 0.3 is 0 Å². The first-order valence-corrected chi connectivity index (χ1v) is 10.6. The summed E-state index contributed by atoms with van der Waals surface area (Å²) in [4.78, 5) is 32.1. The number of carbonyl (C=O) groups excluding carboxylic acids is 1. The van der Waals surface area contributed by atoms with Gasteiger partial charge in [0.15, 0.2) is 5.16 Å². The third-order valence-electron chi connectivity index (χ3n) is 4.79. The van der Waals surface area contributed by atoms with Crippen LogP contribution in [0.15, 0.2) is 58.5 Å². The van der Waals surface area contributed by atoms with Crippen LogP contribution in [0.1, 0.15) is 26.3 Å². The van der Waals surface area contributed by atoms with Gasteiger partial charge in [-0.05, 0) is 50.1 Å². The molecule has 0 bridgehead atoms. The lowest BCUT2D eigenvalue weighted by atomic mass is 10.1. The maximum Gasteiger partial charge on any atom is 0.266 e. The number of fused-ring (bicyclic) bond motifs is 1. The molecule has 5 nitrogen and oxygen atoms in total. The number of nitrogens with zero attached hydrogens (tertiary/aromatic N) is 3. The summed E-state index contributed by atoms with van der Waals surface area (Å²) in [5.74, 6) is 0.296. The molecule has 0 saturated heterocycles. The van der Waals surface area contributed by atoms with Gasteiger partial charge in [0, 0.05) is 13.1 Å². The summed E-state index contributed by atoms with van der Waals surface area (Å²) in [6, 6.07) is 15.2. The van der Waals surface area contributed by atoms with E-state index in [-0.39, 0.29) is 17.2 Å². The van der Waals surface area contributed by atoms with Crippen molar-refractivity contribution in [1.29, 1.82) is 0 Å². The number of benzene rings is 2. The Bertz CT molecular complexity index is 1020. The molecule has 1 amide bonds. The molecule has 0 aliphatic carbocycles. The highest BCUT2D eigenvalue weighted by Crippen LogP contribution is 2.22.